The minimum absolute atomic E-state index is 0.684. The summed E-state index contributed by atoms with van der Waals surface area (Å²) in [5, 5.41) is 4.05. The smallest absolute Gasteiger partial charge is 0.124 e. The lowest BCUT2D eigenvalue weighted by atomic mass is 10.2. The van der Waals surface area contributed by atoms with Gasteiger partial charge in [-0.15, -0.1) is 0 Å². The van der Waals surface area contributed by atoms with E-state index in [4.69, 9.17) is 20.8 Å². The standard InChI is InChI=1S/C14H16ClNO2/c1-17-14-6-2-5-13(15)12(14)10-16-8-7-11-4-3-9-18-11/h2-6,9,16H,7-8,10H2,1H3. The zero-order valence-corrected chi connectivity index (χ0v) is 11.0. The highest BCUT2D eigenvalue weighted by molar-refractivity contribution is 6.31. The van der Waals surface area contributed by atoms with Gasteiger partial charge in [-0.1, -0.05) is 17.7 Å². The molecule has 2 aromatic rings. The van der Waals surface area contributed by atoms with Crippen LogP contribution in [0.3, 0.4) is 0 Å². The molecule has 0 spiro atoms. The molecular formula is C14H16ClNO2. The Morgan fingerprint density at radius 1 is 1.28 bits per heavy atom. The molecule has 0 amide bonds. The van der Waals surface area contributed by atoms with Crippen LogP contribution in [0.25, 0.3) is 0 Å². The van der Waals surface area contributed by atoms with Crippen LogP contribution in [0.15, 0.2) is 41.0 Å². The third-order valence-corrected chi connectivity index (χ3v) is 3.08. The maximum absolute atomic E-state index is 6.15. The number of benzene rings is 1. The fourth-order valence-corrected chi connectivity index (χ4v) is 2.01. The molecule has 0 unspecified atom stereocenters. The molecule has 1 N–H and O–H groups in total. The van der Waals surface area contributed by atoms with Gasteiger partial charge in [0.25, 0.3) is 0 Å². The maximum Gasteiger partial charge on any atom is 0.124 e. The quantitative estimate of drug-likeness (QED) is 0.814. The summed E-state index contributed by atoms with van der Waals surface area (Å²) in [6.07, 6.45) is 2.55. The first-order valence-electron chi connectivity index (χ1n) is 5.85. The molecule has 0 atom stereocenters. The first-order chi connectivity index (χ1) is 8.81. The number of rotatable bonds is 6. The van der Waals surface area contributed by atoms with Crippen molar-refractivity contribution in [3.63, 3.8) is 0 Å². The van der Waals surface area contributed by atoms with Crippen LogP contribution in [0.5, 0.6) is 5.75 Å². The van der Waals surface area contributed by atoms with Crippen molar-refractivity contribution in [1.82, 2.24) is 5.32 Å². The largest absolute Gasteiger partial charge is 0.496 e. The summed E-state index contributed by atoms with van der Waals surface area (Å²) in [5.74, 6) is 1.79. The Labute approximate surface area is 112 Å². The molecule has 96 valence electrons. The molecule has 0 fully saturated rings. The Kier molecular flexibility index (Phi) is 4.67. The van der Waals surface area contributed by atoms with Crippen molar-refractivity contribution in [3.05, 3.63) is 52.9 Å². The molecule has 0 aliphatic heterocycles. The van der Waals surface area contributed by atoms with Crippen molar-refractivity contribution >= 4 is 11.6 Å². The van der Waals surface area contributed by atoms with Crippen LogP contribution < -0.4 is 10.1 Å². The fourth-order valence-electron chi connectivity index (χ4n) is 1.78. The van der Waals surface area contributed by atoms with Gasteiger partial charge in [0.15, 0.2) is 0 Å². The molecule has 0 radical (unpaired) electrons. The Bertz CT molecular complexity index is 483. The molecule has 2 rings (SSSR count). The van der Waals surface area contributed by atoms with Crippen molar-refractivity contribution in [3.8, 4) is 5.75 Å². The molecule has 1 aromatic carbocycles. The van der Waals surface area contributed by atoms with Crippen LogP contribution in [-0.2, 0) is 13.0 Å². The number of methoxy groups -OCH3 is 1. The van der Waals surface area contributed by atoms with Gasteiger partial charge >= 0.3 is 0 Å². The van der Waals surface area contributed by atoms with Gasteiger partial charge in [0.2, 0.25) is 0 Å². The summed E-state index contributed by atoms with van der Waals surface area (Å²) in [5.41, 5.74) is 0.987. The zero-order valence-electron chi connectivity index (χ0n) is 10.3. The monoisotopic (exact) mass is 265 g/mol. The lowest BCUT2D eigenvalue weighted by Crippen LogP contribution is -2.17. The minimum atomic E-state index is 0.684. The SMILES string of the molecule is COc1cccc(Cl)c1CNCCc1ccco1. The second-order valence-corrected chi connectivity index (χ2v) is 4.33. The van der Waals surface area contributed by atoms with Crippen molar-refractivity contribution in [2.45, 2.75) is 13.0 Å². The average Bonchev–Trinajstić information content (AvgIpc) is 2.89. The van der Waals surface area contributed by atoms with Crippen LogP contribution in [0.4, 0.5) is 0 Å². The van der Waals surface area contributed by atoms with Gasteiger partial charge in [-0.05, 0) is 24.3 Å². The van der Waals surface area contributed by atoms with E-state index in [0.29, 0.717) is 6.54 Å². The molecular weight excluding hydrogens is 250 g/mol. The van der Waals surface area contributed by atoms with Crippen molar-refractivity contribution in [2.24, 2.45) is 0 Å². The molecule has 18 heavy (non-hydrogen) atoms. The zero-order chi connectivity index (χ0) is 12.8. The third kappa shape index (κ3) is 3.28. The van der Waals surface area contributed by atoms with Crippen LogP contribution in [0.1, 0.15) is 11.3 Å². The number of hydrogen-bond acceptors (Lipinski definition) is 3. The van der Waals surface area contributed by atoms with Gasteiger partial charge in [0.1, 0.15) is 11.5 Å². The fraction of sp³-hybridized carbons (Fsp3) is 0.286. The normalized spacial score (nSPS) is 10.6. The number of furan rings is 1. The van der Waals surface area contributed by atoms with E-state index in [1.165, 1.54) is 0 Å². The Morgan fingerprint density at radius 2 is 2.17 bits per heavy atom. The lowest BCUT2D eigenvalue weighted by molar-refractivity contribution is 0.407. The van der Waals surface area contributed by atoms with Gasteiger partial charge in [0.05, 0.1) is 13.4 Å². The molecule has 0 saturated heterocycles. The average molecular weight is 266 g/mol. The van der Waals surface area contributed by atoms with Crippen molar-refractivity contribution in [2.75, 3.05) is 13.7 Å². The van der Waals surface area contributed by atoms with Crippen LogP contribution in [0, 0.1) is 0 Å². The summed E-state index contributed by atoms with van der Waals surface area (Å²) in [6, 6.07) is 9.53. The van der Waals surface area contributed by atoms with E-state index >= 15 is 0 Å². The van der Waals surface area contributed by atoms with E-state index < -0.39 is 0 Å². The summed E-state index contributed by atoms with van der Waals surface area (Å²) in [6.45, 7) is 1.52. The predicted octanol–water partition coefficient (Wildman–Crippen LogP) is 3.27. The molecule has 3 nitrogen and oxygen atoms in total. The Hall–Kier alpha value is -1.45. The third-order valence-electron chi connectivity index (χ3n) is 2.73. The molecule has 0 saturated carbocycles. The second-order valence-electron chi connectivity index (χ2n) is 3.93. The predicted molar refractivity (Wildman–Crippen MR) is 72.1 cm³/mol. The maximum atomic E-state index is 6.15. The van der Waals surface area contributed by atoms with Crippen molar-refractivity contribution in [1.29, 1.82) is 0 Å². The number of hydrogen-bond donors (Lipinski definition) is 1. The summed E-state index contributed by atoms with van der Waals surface area (Å²) in [4.78, 5) is 0. The van der Waals surface area contributed by atoms with Crippen LogP contribution in [0.2, 0.25) is 5.02 Å². The van der Waals surface area contributed by atoms with Gasteiger partial charge in [-0.25, -0.2) is 0 Å². The topological polar surface area (TPSA) is 34.4 Å². The summed E-state index contributed by atoms with van der Waals surface area (Å²) in [7, 11) is 1.65. The van der Waals surface area contributed by atoms with Gasteiger partial charge < -0.3 is 14.5 Å². The van der Waals surface area contributed by atoms with E-state index in [1.54, 1.807) is 13.4 Å². The highest BCUT2D eigenvalue weighted by atomic mass is 35.5. The highest BCUT2D eigenvalue weighted by Crippen LogP contribution is 2.25. The molecule has 0 aliphatic carbocycles. The van der Waals surface area contributed by atoms with E-state index in [2.05, 4.69) is 5.32 Å². The van der Waals surface area contributed by atoms with Crippen LogP contribution >= 0.6 is 11.6 Å². The van der Waals surface area contributed by atoms with E-state index in [9.17, 15) is 0 Å². The highest BCUT2D eigenvalue weighted by Gasteiger charge is 2.06. The second kappa shape index (κ2) is 6.47. The van der Waals surface area contributed by atoms with E-state index in [0.717, 1.165) is 35.1 Å². The van der Waals surface area contributed by atoms with Gasteiger partial charge in [-0.2, -0.15) is 0 Å². The van der Waals surface area contributed by atoms with Crippen LogP contribution in [-0.4, -0.2) is 13.7 Å². The molecule has 4 heteroatoms. The van der Waals surface area contributed by atoms with Crippen molar-refractivity contribution < 1.29 is 9.15 Å². The Morgan fingerprint density at radius 3 is 2.89 bits per heavy atom. The first-order valence-corrected chi connectivity index (χ1v) is 6.23. The van der Waals surface area contributed by atoms with Gasteiger partial charge in [0, 0.05) is 30.1 Å². The number of ether oxygens (including phenoxy) is 1. The molecule has 1 heterocycles. The van der Waals surface area contributed by atoms with E-state index in [1.807, 2.05) is 30.3 Å². The molecule has 0 aliphatic rings. The summed E-state index contributed by atoms with van der Waals surface area (Å²) < 4.78 is 10.5. The molecule has 0 bridgehead atoms. The van der Waals surface area contributed by atoms with E-state index in [-0.39, 0.29) is 0 Å². The number of nitrogens with one attached hydrogen (secondary N) is 1. The lowest BCUT2D eigenvalue weighted by Gasteiger charge is -2.10. The van der Waals surface area contributed by atoms with Gasteiger partial charge in [-0.3, -0.25) is 0 Å². The summed E-state index contributed by atoms with van der Waals surface area (Å²) >= 11 is 6.15. The minimum Gasteiger partial charge on any atom is -0.496 e. The Balaban J connectivity index is 1.86. The first kappa shape index (κ1) is 13.0. The number of halogens is 1. The molecule has 1 aromatic heterocycles.